The second-order valence-electron chi connectivity index (χ2n) is 8.08. The van der Waals surface area contributed by atoms with Crippen LogP contribution in [-0.4, -0.2) is 36.7 Å². The molecule has 164 valence electrons. The lowest BCUT2D eigenvalue weighted by molar-refractivity contribution is 0.0673. The van der Waals surface area contributed by atoms with Gasteiger partial charge in [0.05, 0.1) is 23.0 Å². The number of nitrogens with zero attached hydrogens (tertiary/aromatic N) is 5. The highest BCUT2D eigenvalue weighted by molar-refractivity contribution is 5.97. The smallest absolute Gasteiger partial charge is 0.256 e. The van der Waals surface area contributed by atoms with E-state index in [1.54, 1.807) is 18.1 Å². The Morgan fingerprint density at radius 1 is 1.12 bits per heavy atom. The zero-order chi connectivity index (χ0) is 22.7. The van der Waals surface area contributed by atoms with Crippen molar-refractivity contribution in [1.29, 1.82) is 0 Å². The lowest BCUT2D eigenvalue weighted by atomic mass is 9.95. The fraction of sp³-hybridized carbons (Fsp3) is 0.261. The van der Waals surface area contributed by atoms with Gasteiger partial charge in [-0.2, -0.15) is 5.10 Å². The van der Waals surface area contributed by atoms with Crippen molar-refractivity contribution in [3.63, 3.8) is 0 Å². The van der Waals surface area contributed by atoms with Crippen molar-refractivity contribution < 1.29 is 18.0 Å². The summed E-state index contributed by atoms with van der Waals surface area (Å²) in [4.78, 5) is 19.4. The molecule has 0 radical (unpaired) electrons. The van der Waals surface area contributed by atoms with Gasteiger partial charge in [0.1, 0.15) is 5.65 Å². The number of hydrogen-bond donors (Lipinski definition) is 0. The summed E-state index contributed by atoms with van der Waals surface area (Å²) in [7, 11) is 3.56. The molecular formula is C23H20F3N5O. The molecular weight excluding hydrogens is 419 g/mol. The van der Waals surface area contributed by atoms with Crippen molar-refractivity contribution in [1.82, 2.24) is 24.2 Å². The third-order valence-electron chi connectivity index (χ3n) is 6.11. The van der Waals surface area contributed by atoms with E-state index >= 15 is 0 Å². The third-order valence-corrected chi connectivity index (χ3v) is 6.11. The molecule has 0 N–H and O–H groups in total. The molecule has 1 atom stereocenters. The van der Waals surface area contributed by atoms with Gasteiger partial charge in [-0.25, -0.2) is 18.2 Å². The Balaban J connectivity index is 1.50. The number of amides is 1. The molecule has 1 amide bonds. The number of hydrogen-bond acceptors (Lipinski definition) is 3. The SMILES string of the molecule is CC1c2nn(C)c(-c3cc(F)c(F)c(F)c3)c2CCN1C(=O)c1cnc2c(ccn2C)c1. The van der Waals surface area contributed by atoms with Crippen LogP contribution in [0.4, 0.5) is 13.2 Å². The molecule has 3 aromatic heterocycles. The van der Waals surface area contributed by atoms with Crippen molar-refractivity contribution in [2.75, 3.05) is 6.54 Å². The van der Waals surface area contributed by atoms with Crippen molar-refractivity contribution in [3.05, 3.63) is 70.9 Å². The maximum Gasteiger partial charge on any atom is 0.256 e. The molecule has 0 fully saturated rings. The quantitative estimate of drug-likeness (QED) is 0.441. The lowest BCUT2D eigenvalue weighted by Gasteiger charge is -2.33. The fourth-order valence-corrected chi connectivity index (χ4v) is 4.51. The number of fused-ring (bicyclic) bond motifs is 2. The van der Waals surface area contributed by atoms with Crippen LogP contribution < -0.4 is 0 Å². The van der Waals surface area contributed by atoms with E-state index in [4.69, 9.17) is 0 Å². The molecule has 1 aliphatic rings. The Hall–Kier alpha value is -3.62. The summed E-state index contributed by atoms with van der Waals surface area (Å²) in [5.41, 5.74) is 3.46. The largest absolute Gasteiger partial charge is 0.336 e. The summed E-state index contributed by atoms with van der Waals surface area (Å²) >= 11 is 0. The highest BCUT2D eigenvalue weighted by atomic mass is 19.2. The summed E-state index contributed by atoms with van der Waals surface area (Å²) in [5.74, 6) is -4.16. The summed E-state index contributed by atoms with van der Waals surface area (Å²) in [6.45, 7) is 2.28. The van der Waals surface area contributed by atoms with Crippen LogP contribution in [0.1, 0.15) is 34.6 Å². The lowest BCUT2D eigenvalue weighted by Crippen LogP contribution is -2.39. The van der Waals surface area contributed by atoms with Gasteiger partial charge in [0.2, 0.25) is 0 Å². The highest BCUT2D eigenvalue weighted by Gasteiger charge is 2.34. The Morgan fingerprint density at radius 2 is 1.84 bits per heavy atom. The first-order chi connectivity index (χ1) is 15.3. The average molecular weight is 439 g/mol. The van der Waals surface area contributed by atoms with Crippen LogP contribution in [0.3, 0.4) is 0 Å². The molecule has 0 spiro atoms. The highest BCUT2D eigenvalue weighted by Crippen LogP contribution is 2.37. The van der Waals surface area contributed by atoms with E-state index in [0.29, 0.717) is 29.9 Å². The van der Waals surface area contributed by atoms with Gasteiger partial charge >= 0.3 is 0 Å². The van der Waals surface area contributed by atoms with Gasteiger partial charge in [-0.05, 0) is 37.6 Å². The molecule has 0 saturated heterocycles. The Labute approximate surface area is 181 Å². The van der Waals surface area contributed by atoms with Gasteiger partial charge in [-0.15, -0.1) is 0 Å². The zero-order valence-electron chi connectivity index (χ0n) is 17.7. The predicted molar refractivity (Wildman–Crippen MR) is 112 cm³/mol. The number of aryl methyl sites for hydroxylation is 2. The van der Waals surface area contributed by atoms with E-state index in [9.17, 15) is 18.0 Å². The first-order valence-corrected chi connectivity index (χ1v) is 10.2. The molecule has 5 rings (SSSR count). The second-order valence-corrected chi connectivity index (χ2v) is 8.08. The number of aromatic nitrogens is 4. The van der Waals surface area contributed by atoms with E-state index in [2.05, 4.69) is 10.1 Å². The summed E-state index contributed by atoms with van der Waals surface area (Å²) < 4.78 is 44.5. The van der Waals surface area contributed by atoms with Crippen molar-refractivity contribution in [3.8, 4) is 11.3 Å². The van der Waals surface area contributed by atoms with Crippen molar-refractivity contribution >= 4 is 16.9 Å². The van der Waals surface area contributed by atoms with Crippen LogP contribution in [0.15, 0.2) is 36.7 Å². The van der Waals surface area contributed by atoms with Crippen molar-refractivity contribution in [2.45, 2.75) is 19.4 Å². The van der Waals surface area contributed by atoms with E-state index in [1.165, 1.54) is 4.68 Å². The van der Waals surface area contributed by atoms with Gasteiger partial charge in [-0.3, -0.25) is 9.48 Å². The van der Waals surface area contributed by atoms with Crippen molar-refractivity contribution in [2.24, 2.45) is 14.1 Å². The third kappa shape index (κ3) is 2.99. The number of benzene rings is 1. The monoisotopic (exact) mass is 439 g/mol. The van der Waals surface area contributed by atoms with Gasteiger partial charge in [0.25, 0.3) is 5.91 Å². The topological polar surface area (TPSA) is 56.0 Å². The number of rotatable bonds is 2. The van der Waals surface area contributed by atoms with Crippen LogP contribution in [0.25, 0.3) is 22.3 Å². The molecule has 0 bridgehead atoms. The van der Waals surface area contributed by atoms with Gasteiger partial charge in [0, 0.05) is 49.5 Å². The minimum atomic E-state index is -1.50. The molecule has 4 aromatic rings. The first-order valence-electron chi connectivity index (χ1n) is 10.2. The molecule has 1 aromatic carbocycles. The Kier molecular flexibility index (Phi) is 4.58. The molecule has 0 aliphatic carbocycles. The van der Waals surface area contributed by atoms with Crippen LogP contribution in [0, 0.1) is 17.5 Å². The Morgan fingerprint density at radius 3 is 2.56 bits per heavy atom. The Bertz CT molecular complexity index is 1370. The van der Waals surface area contributed by atoms with E-state index in [-0.39, 0.29) is 17.5 Å². The molecule has 4 heterocycles. The van der Waals surface area contributed by atoms with Crippen LogP contribution in [-0.2, 0) is 20.5 Å². The molecule has 32 heavy (non-hydrogen) atoms. The number of carbonyl (C=O) groups is 1. The summed E-state index contributed by atoms with van der Waals surface area (Å²) in [6.07, 6.45) is 3.91. The minimum Gasteiger partial charge on any atom is -0.336 e. The van der Waals surface area contributed by atoms with Crippen LogP contribution in [0.2, 0.25) is 0 Å². The molecule has 0 saturated carbocycles. The molecule has 6 nitrogen and oxygen atoms in total. The first kappa shape index (κ1) is 20.3. The number of carbonyl (C=O) groups excluding carboxylic acids is 1. The second kappa shape index (κ2) is 7.22. The zero-order valence-corrected chi connectivity index (χ0v) is 17.7. The molecule has 1 aliphatic heterocycles. The minimum absolute atomic E-state index is 0.160. The van der Waals surface area contributed by atoms with E-state index in [0.717, 1.165) is 28.7 Å². The summed E-state index contributed by atoms with van der Waals surface area (Å²) in [5, 5.41) is 5.41. The number of halogens is 3. The van der Waals surface area contributed by atoms with Crippen LogP contribution in [0.5, 0.6) is 0 Å². The maximum absolute atomic E-state index is 13.8. The van der Waals surface area contributed by atoms with E-state index < -0.39 is 17.5 Å². The molecule has 9 heteroatoms. The normalized spacial score (nSPS) is 15.9. The van der Waals surface area contributed by atoms with Gasteiger partial charge < -0.3 is 9.47 Å². The standard InChI is InChI=1S/C23H20F3N5O/c1-12-20-16(21(30(3)28-20)14-9-17(24)19(26)18(25)10-14)5-7-31(12)23(32)15-8-13-4-6-29(2)22(13)27-11-15/h4,6,8-12H,5,7H2,1-3H3. The molecule has 1 unspecified atom stereocenters. The van der Waals surface area contributed by atoms with Gasteiger partial charge in [-0.1, -0.05) is 0 Å². The average Bonchev–Trinajstić information content (AvgIpc) is 3.31. The summed E-state index contributed by atoms with van der Waals surface area (Å²) in [6, 6.07) is 5.31. The van der Waals surface area contributed by atoms with Crippen LogP contribution >= 0.6 is 0 Å². The van der Waals surface area contributed by atoms with Gasteiger partial charge in [0.15, 0.2) is 17.5 Å². The fourth-order valence-electron chi connectivity index (χ4n) is 4.51. The van der Waals surface area contributed by atoms with E-state index in [1.807, 2.05) is 36.9 Å². The predicted octanol–water partition coefficient (Wildman–Crippen LogP) is 4.15. The number of pyridine rings is 1. The maximum atomic E-state index is 13.8.